The van der Waals surface area contributed by atoms with E-state index in [9.17, 15) is 4.39 Å². The molecule has 104 valence electrons. The van der Waals surface area contributed by atoms with Crippen LogP contribution in [0.4, 0.5) is 4.39 Å². The van der Waals surface area contributed by atoms with Crippen molar-refractivity contribution >= 4 is 29.0 Å². The van der Waals surface area contributed by atoms with Crippen molar-refractivity contribution in [2.75, 3.05) is 0 Å². The smallest absolute Gasteiger partial charge is 0.171 e. The van der Waals surface area contributed by atoms with Gasteiger partial charge in [0.1, 0.15) is 17.3 Å². The summed E-state index contributed by atoms with van der Waals surface area (Å²) in [6.45, 7) is 0. The van der Waals surface area contributed by atoms with E-state index >= 15 is 0 Å². The lowest BCUT2D eigenvalue weighted by Gasteiger charge is -2.09. The second kappa shape index (κ2) is 5.98. The van der Waals surface area contributed by atoms with Crippen molar-refractivity contribution in [3.05, 3.63) is 57.8 Å². The number of oxime groups is 1. The molecule has 2 aromatic rings. The predicted molar refractivity (Wildman–Crippen MR) is 75.4 cm³/mol. The maximum absolute atomic E-state index is 12.9. The first-order chi connectivity index (χ1) is 9.51. The quantitative estimate of drug-likeness (QED) is 0.389. The molecule has 0 aliphatic rings. The summed E-state index contributed by atoms with van der Waals surface area (Å²) < 4.78 is 18.4. The molecule has 0 atom stereocenters. The van der Waals surface area contributed by atoms with Crippen LogP contribution in [0.25, 0.3) is 0 Å². The number of benzene rings is 2. The third-order valence-corrected chi connectivity index (χ3v) is 3.05. The highest BCUT2D eigenvalue weighted by Crippen LogP contribution is 2.31. The van der Waals surface area contributed by atoms with Crippen molar-refractivity contribution in [3.63, 3.8) is 0 Å². The summed E-state index contributed by atoms with van der Waals surface area (Å²) in [5.74, 6) is 0.114. The third-order valence-electron chi connectivity index (χ3n) is 2.45. The first kappa shape index (κ1) is 14.4. The number of hydrogen-bond acceptors (Lipinski definition) is 3. The molecule has 3 N–H and O–H groups in total. The van der Waals surface area contributed by atoms with Crippen LogP contribution in [0.1, 0.15) is 5.56 Å². The van der Waals surface area contributed by atoms with Gasteiger partial charge in [-0.3, -0.25) is 0 Å². The summed E-state index contributed by atoms with van der Waals surface area (Å²) in [6.07, 6.45) is 0. The summed E-state index contributed by atoms with van der Waals surface area (Å²) in [6, 6.07) is 8.36. The Morgan fingerprint density at radius 1 is 1.15 bits per heavy atom. The molecule has 0 radical (unpaired) electrons. The summed E-state index contributed by atoms with van der Waals surface area (Å²) in [5.41, 5.74) is 5.82. The third kappa shape index (κ3) is 3.12. The molecule has 0 aliphatic carbocycles. The van der Waals surface area contributed by atoms with Crippen LogP contribution in [-0.2, 0) is 0 Å². The van der Waals surface area contributed by atoms with Gasteiger partial charge in [-0.2, -0.15) is 0 Å². The summed E-state index contributed by atoms with van der Waals surface area (Å²) in [4.78, 5) is 0. The number of ether oxygens (including phenoxy) is 1. The van der Waals surface area contributed by atoms with E-state index in [0.29, 0.717) is 17.1 Å². The van der Waals surface area contributed by atoms with E-state index in [1.54, 1.807) is 6.07 Å². The van der Waals surface area contributed by atoms with Crippen LogP contribution < -0.4 is 10.5 Å². The Balaban J connectivity index is 2.29. The van der Waals surface area contributed by atoms with Gasteiger partial charge in [-0.25, -0.2) is 4.39 Å². The molecule has 0 fully saturated rings. The fourth-order valence-electron chi connectivity index (χ4n) is 1.51. The number of nitrogens with zero attached hydrogens (tertiary/aromatic N) is 1. The van der Waals surface area contributed by atoms with Crippen LogP contribution >= 0.6 is 23.2 Å². The molecule has 0 aliphatic heterocycles. The van der Waals surface area contributed by atoms with Gasteiger partial charge in [0.25, 0.3) is 0 Å². The molecular weight excluding hydrogens is 306 g/mol. The highest BCUT2D eigenvalue weighted by atomic mass is 35.5. The van der Waals surface area contributed by atoms with Crippen LogP contribution in [0, 0.1) is 5.82 Å². The standard InChI is InChI=1S/C13H9Cl2FN2O2/c14-10-6-8(2-3-9(10)13(17)18-19)20-12-4-1-7(16)5-11(12)15/h1-6,19H,(H2,17,18). The zero-order valence-electron chi connectivity index (χ0n) is 9.98. The highest BCUT2D eigenvalue weighted by Gasteiger charge is 2.09. The first-order valence-electron chi connectivity index (χ1n) is 5.41. The van der Waals surface area contributed by atoms with Crippen molar-refractivity contribution in [2.45, 2.75) is 0 Å². The maximum Gasteiger partial charge on any atom is 0.171 e. The molecule has 4 nitrogen and oxygen atoms in total. The molecule has 0 bridgehead atoms. The molecule has 20 heavy (non-hydrogen) atoms. The van der Waals surface area contributed by atoms with Crippen molar-refractivity contribution in [1.29, 1.82) is 0 Å². The number of halogens is 3. The molecule has 0 heterocycles. The number of rotatable bonds is 3. The van der Waals surface area contributed by atoms with Crippen molar-refractivity contribution in [1.82, 2.24) is 0 Å². The van der Waals surface area contributed by atoms with E-state index in [-0.39, 0.29) is 15.9 Å². The van der Waals surface area contributed by atoms with Crippen molar-refractivity contribution < 1.29 is 14.3 Å². The van der Waals surface area contributed by atoms with Gasteiger partial charge in [-0.15, -0.1) is 0 Å². The largest absolute Gasteiger partial charge is 0.456 e. The Morgan fingerprint density at radius 2 is 1.90 bits per heavy atom. The second-order valence-electron chi connectivity index (χ2n) is 3.80. The zero-order valence-corrected chi connectivity index (χ0v) is 11.5. The average Bonchev–Trinajstić information content (AvgIpc) is 2.41. The average molecular weight is 315 g/mol. The minimum Gasteiger partial charge on any atom is -0.456 e. The van der Waals surface area contributed by atoms with Crippen LogP contribution in [0.5, 0.6) is 11.5 Å². The monoisotopic (exact) mass is 314 g/mol. The molecule has 2 aromatic carbocycles. The molecule has 7 heteroatoms. The van der Waals surface area contributed by atoms with Crippen molar-refractivity contribution in [2.24, 2.45) is 10.9 Å². The molecule has 0 amide bonds. The maximum atomic E-state index is 12.9. The Labute approximate surface area is 124 Å². The van der Waals surface area contributed by atoms with Gasteiger partial charge in [-0.1, -0.05) is 28.4 Å². The van der Waals surface area contributed by atoms with Gasteiger partial charge in [-0.05, 0) is 30.3 Å². The Kier molecular flexibility index (Phi) is 4.32. The fourth-order valence-corrected chi connectivity index (χ4v) is 1.98. The molecular formula is C13H9Cl2FN2O2. The molecule has 0 unspecified atom stereocenters. The van der Waals surface area contributed by atoms with E-state index in [2.05, 4.69) is 5.16 Å². The molecule has 0 spiro atoms. The highest BCUT2D eigenvalue weighted by molar-refractivity contribution is 6.34. The van der Waals surface area contributed by atoms with Gasteiger partial charge in [0.15, 0.2) is 5.84 Å². The lowest BCUT2D eigenvalue weighted by atomic mass is 10.2. The molecule has 0 saturated carbocycles. The lowest BCUT2D eigenvalue weighted by molar-refractivity contribution is 0.318. The predicted octanol–water partition coefficient (Wildman–Crippen LogP) is 4.02. The fraction of sp³-hybridized carbons (Fsp3) is 0. The zero-order chi connectivity index (χ0) is 14.7. The van der Waals surface area contributed by atoms with Gasteiger partial charge < -0.3 is 15.7 Å². The molecule has 0 aromatic heterocycles. The van der Waals surface area contributed by atoms with Gasteiger partial charge >= 0.3 is 0 Å². The van der Waals surface area contributed by atoms with E-state index in [1.165, 1.54) is 24.3 Å². The minimum atomic E-state index is -0.456. The Bertz CT molecular complexity index is 677. The molecule has 2 rings (SSSR count). The van der Waals surface area contributed by atoms with E-state index in [4.69, 9.17) is 38.9 Å². The summed E-state index contributed by atoms with van der Waals surface area (Å²) in [7, 11) is 0. The molecule has 0 saturated heterocycles. The number of amidine groups is 1. The number of hydrogen-bond donors (Lipinski definition) is 2. The van der Waals surface area contributed by atoms with Crippen LogP contribution in [0.2, 0.25) is 10.0 Å². The second-order valence-corrected chi connectivity index (χ2v) is 4.62. The van der Waals surface area contributed by atoms with Crippen LogP contribution in [0.15, 0.2) is 41.6 Å². The van der Waals surface area contributed by atoms with Gasteiger partial charge in [0.2, 0.25) is 0 Å². The van der Waals surface area contributed by atoms with E-state index in [1.807, 2.05) is 0 Å². The van der Waals surface area contributed by atoms with Gasteiger partial charge in [0.05, 0.1) is 10.0 Å². The van der Waals surface area contributed by atoms with E-state index < -0.39 is 5.82 Å². The number of nitrogens with two attached hydrogens (primary N) is 1. The van der Waals surface area contributed by atoms with Crippen molar-refractivity contribution in [3.8, 4) is 11.5 Å². The summed E-state index contributed by atoms with van der Waals surface area (Å²) >= 11 is 11.8. The lowest BCUT2D eigenvalue weighted by Crippen LogP contribution is -2.13. The van der Waals surface area contributed by atoms with Gasteiger partial charge in [0, 0.05) is 11.6 Å². The van der Waals surface area contributed by atoms with E-state index in [0.717, 1.165) is 6.07 Å². The van der Waals surface area contributed by atoms with Crippen LogP contribution in [-0.4, -0.2) is 11.0 Å². The minimum absolute atomic E-state index is 0.110. The normalized spacial score (nSPS) is 11.4. The topological polar surface area (TPSA) is 67.8 Å². The summed E-state index contributed by atoms with van der Waals surface area (Å²) in [5, 5.41) is 11.8. The SMILES string of the molecule is NC(=NO)c1ccc(Oc2ccc(F)cc2Cl)cc1Cl. The Hall–Kier alpha value is -1.98. The first-order valence-corrected chi connectivity index (χ1v) is 6.17. The Morgan fingerprint density at radius 3 is 2.50 bits per heavy atom. The van der Waals surface area contributed by atoms with Crippen LogP contribution in [0.3, 0.4) is 0 Å².